The average molecular weight is 388 g/mol. The van der Waals surface area contributed by atoms with E-state index in [1.165, 1.54) is 70.3 Å². The highest BCUT2D eigenvalue weighted by Crippen LogP contribution is 2.22. The Morgan fingerprint density at radius 1 is 0.857 bits per heavy atom. The Balaban J connectivity index is 1.14. The first-order valence-electron chi connectivity index (χ1n) is 11.3. The minimum Gasteiger partial charge on any atom is -0.491 e. The van der Waals surface area contributed by atoms with Crippen LogP contribution in [0.15, 0.2) is 24.3 Å². The highest BCUT2D eigenvalue weighted by atomic mass is 16.5. The summed E-state index contributed by atoms with van der Waals surface area (Å²) in [6.07, 6.45) is 7.60. The van der Waals surface area contributed by atoms with E-state index in [1.54, 1.807) is 0 Å². The van der Waals surface area contributed by atoms with Gasteiger partial charge >= 0.3 is 0 Å². The SMILES string of the molecule is OC(COc1ccc(CN2CC(N3CCCCC3)C2)cc1)CN1CCCCC1. The van der Waals surface area contributed by atoms with Gasteiger partial charge in [0.1, 0.15) is 18.5 Å². The molecular formula is C23H37N3O2. The summed E-state index contributed by atoms with van der Waals surface area (Å²) in [4.78, 5) is 7.58. The number of rotatable bonds is 8. The van der Waals surface area contributed by atoms with Gasteiger partial charge in [0.05, 0.1) is 0 Å². The van der Waals surface area contributed by atoms with Gasteiger partial charge in [-0.15, -0.1) is 0 Å². The third-order valence-electron chi connectivity index (χ3n) is 6.53. The Morgan fingerprint density at radius 2 is 1.50 bits per heavy atom. The van der Waals surface area contributed by atoms with Crippen molar-refractivity contribution in [3.8, 4) is 5.75 Å². The summed E-state index contributed by atoms with van der Waals surface area (Å²) >= 11 is 0. The van der Waals surface area contributed by atoms with Crippen molar-refractivity contribution in [3.63, 3.8) is 0 Å². The van der Waals surface area contributed by atoms with E-state index in [-0.39, 0.29) is 0 Å². The minimum absolute atomic E-state index is 0.374. The van der Waals surface area contributed by atoms with Crippen molar-refractivity contribution in [2.45, 2.75) is 57.2 Å². The number of β-amino-alcohol motifs (C(OH)–C–C–N with tert-alkyl or cyclic N) is 1. The van der Waals surface area contributed by atoms with E-state index in [1.807, 2.05) is 12.1 Å². The van der Waals surface area contributed by atoms with Crippen LogP contribution >= 0.6 is 0 Å². The zero-order chi connectivity index (χ0) is 19.2. The van der Waals surface area contributed by atoms with Crippen molar-refractivity contribution in [2.75, 3.05) is 52.4 Å². The molecule has 1 unspecified atom stereocenters. The molecule has 28 heavy (non-hydrogen) atoms. The number of hydrogen-bond acceptors (Lipinski definition) is 5. The average Bonchev–Trinajstić information content (AvgIpc) is 2.71. The van der Waals surface area contributed by atoms with Crippen LogP contribution in [0, 0.1) is 0 Å². The fourth-order valence-corrected chi connectivity index (χ4v) is 4.82. The summed E-state index contributed by atoms with van der Waals surface area (Å²) in [7, 11) is 0. The highest BCUT2D eigenvalue weighted by Gasteiger charge is 2.31. The second-order valence-corrected chi connectivity index (χ2v) is 8.91. The summed E-state index contributed by atoms with van der Waals surface area (Å²) < 4.78 is 5.81. The first-order valence-corrected chi connectivity index (χ1v) is 11.3. The standard InChI is InChI=1S/C23H37N3O2/c27-22(18-24-11-3-1-4-12-24)19-28-23-9-7-20(8-10-23)15-25-16-21(17-25)26-13-5-2-6-14-26/h7-10,21-22,27H,1-6,11-19H2. The summed E-state index contributed by atoms with van der Waals surface area (Å²) in [5.41, 5.74) is 1.35. The van der Waals surface area contributed by atoms with Gasteiger partial charge in [-0.05, 0) is 69.6 Å². The van der Waals surface area contributed by atoms with Gasteiger partial charge in [-0.25, -0.2) is 0 Å². The van der Waals surface area contributed by atoms with Gasteiger partial charge in [0.2, 0.25) is 0 Å². The predicted octanol–water partition coefficient (Wildman–Crippen LogP) is 2.58. The minimum atomic E-state index is -0.411. The molecule has 1 aromatic carbocycles. The Labute approximate surface area is 170 Å². The molecule has 156 valence electrons. The van der Waals surface area contributed by atoms with E-state index in [4.69, 9.17) is 4.74 Å². The van der Waals surface area contributed by atoms with E-state index in [0.717, 1.165) is 38.0 Å². The first kappa shape index (κ1) is 20.1. The maximum absolute atomic E-state index is 10.2. The second-order valence-electron chi connectivity index (χ2n) is 8.91. The second kappa shape index (κ2) is 10.1. The van der Waals surface area contributed by atoms with Gasteiger partial charge in [-0.3, -0.25) is 9.80 Å². The summed E-state index contributed by atoms with van der Waals surface area (Å²) in [5.74, 6) is 0.858. The molecule has 0 saturated carbocycles. The fraction of sp³-hybridized carbons (Fsp3) is 0.739. The Hall–Kier alpha value is -1.14. The van der Waals surface area contributed by atoms with Crippen molar-refractivity contribution in [1.29, 1.82) is 0 Å². The van der Waals surface area contributed by atoms with Crippen LogP contribution in [0.1, 0.15) is 44.1 Å². The Bertz CT molecular complexity index is 576. The Morgan fingerprint density at radius 3 is 2.18 bits per heavy atom. The van der Waals surface area contributed by atoms with Gasteiger partial charge in [0, 0.05) is 32.2 Å². The molecule has 3 fully saturated rings. The Kier molecular flexibility index (Phi) is 7.24. The van der Waals surface area contributed by atoms with Crippen LogP contribution in [-0.4, -0.2) is 84.4 Å². The van der Waals surface area contributed by atoms with E-state index in [2.05, 4.69) is 26.8 Å². The van der Waals surface area contributed by atoms with E-state index in [0.29, 0.717) is 6.61 Å². The molecule has 5 heteroatoms. The number of benzene rings is 1. The lowest BCUT2D eigenvalue weighted by Gasteiger charge is -2.46. The highest BCUT2D eigenvalue weighted by molar-refractivity contribution is 5.27. The van der Waals surface area contributed by atoms with Gasteiger partial charge in [0.25, 0.3) is 0 Å². The molecule has 0 spiro atoms. The van der Waals surface area contributed by atoms with E-state index in [9.17, 15) is 5.11 Å². The number of aliphatic hydroxyl groups excluding tert-OH is 1. The molecule has 1 N–H and O–H groups in total. The zero-order valence-electron chi connectivity index (χ0n) is 17.3. The van der Waals surface area contributed by atoms with Crippen LogP contribution in [-0.2, 0) is 6.54 Å². The molecule has 3 heterocycles. The maximum atomic E-state index is 10.2. The molecule has 3 aliphatic heterocycles. The van der Waals surface area contributed by atoms with Crippen LogP contribution in [0.25, 0.3) is 0 Å². The molecule has 0 amide bonds. The van der Waals surface area contributed by atoms with Gasteiger partial charge in [-0.2, -0.15) is 0 Å². The molecule has 0 radical (unpaired) electrons. The van der Waals surface area contributed by atoms with E-state index < -0.39 is 6.10 Å². The summed E-state index contributed by atoms with van der Waals surface area (Å²) in [5, 5.41) is 10.2. The molecule has 0 aromatic heterocycles. The number of piperidine rings is 2. The quantitative estimate of drug-likeness (QED) is 0.742. The molecule has 3 aliphatic rings. The van der Waals surface area contributed by atoms with Crippen LogP contribution in [0.5, 0.6) is 5.75 Å². The molecule has 1 atom stereocenters. The summed E-state index contributed by atoms with van der Waals surface area (Å²) in [6, 6.07) is 9.21. The zero-order valence-corrected chi connectivity index (χ0v) is 17.3. The predicted molar refractivity (Wildman–Crippen MR) is 113 cm³/mol. The largest absolute Gasteiger partial charge is 0.491 e. The van der Waals surface area contributed by atoms with Gasteiger partial charge in [0.15, 0.2) is 0 Å². The molecule has 3 saturated heterocycles. The molecule has 5 nitrogen and oxygen atoms in total. The monoisotopic (exact) mass is 387 g/mol. The third kappa shape index (κ3) is 5.69. The van der Waals surface area contributed by atoms with Crippen LogP contribution in [0.3, 0.4) is 0 Å². The van der Waals surface area contributed by atoms with Crippen LogP contribution in [0.2, 0.25) is 0 Å². The smallest absolute Gasteiger partial charge is 0.119 e. The number of aliphatic hydroxyl groups is 1. The molecule has 0 bridgehead atoms. The first-order chi connectivity index (χ1) is 13.8. The maximum Gasteiger partial charge on any atom is 0.119 e. The lowest BCUT2D eigenvalue weighted by atomic mass is 10.0. The summed E-state index contributed by atoms with van der Waals surface area (Å²) in [6.45, 7) is 9.37. The normalized spacial score (nSPS) is 24.0. The fourth-order valence-electron chi connectivity index (χ4n) is 4.82. The van der Waals surface area contributed by atoms with Crippen molar-refractivity contribution < 1.29 is 9.84 Å². The third-order valence-corrected chi connectivity index (χ3v) is 6.53. The molecule has 1 aromatic rings. The number of ether oxygens (including phenoxy) is 1. The van der Waals surface area contributed by atoms with Gasteiger partial charge in [-0.1, -0.05) is 25.0 Å². The lowest BCUT2D eigenvalue weighted by molar-refractivity contribution is 0.0186. The van der Waals surface area contributed by atoms with Crippen molar-refractivity contribution in [1.82, 2.24) is 14.7 Å². The topological polar surface area (TPSA) is 39.2 Å². The van der Waals surface area contributed by atoms with E-state index >= 15 is 0 Å². The molecule has 0 aliphatic carbocycles. The lowest BCUT2D eigenvalue weighted by Crippen LogP contribution is -2.59. The van der Waals surface area contributed by atoms with Gasteiger partial charge < -0.3 is 14.7 Å². The molecule has 4 rings (SSSR count). The number of likely N-dealkylation sites (tertiary alicyclic amines) is 3. The number of nitrogens with zero attached hydrogens (tertiary/aromatic N) is 3. The van der Waals surface area contributed by atoms with Crippen molar-refractivity contribution in [2.24, 2.45) is 0 Å². The van der Waals surface area contributed by atoms with Crippen molar-refractivity contribution in [3.05, 3.63) is 29.8 Å². The van der Waals surface area contributed by atoms with Crippen molar-refractivity contribution >= 4 is 0 Å². The van der Waals surface area contributed by atoms with Crippen LogP contribution < -0.4 is 4.74 Å². The van der Waals surface area contributed by atoms with Crippen LogP contribution in [0.4, 0.5) is 0 Å². The molecular weight excluding hydrogens is 350 g/mol. The number of hydrogen-bond donors (Lipinski definition) is 1.